The molecule has 0 aliphatic rings. The highest BCUT2D eigenvalue weighted by Crippen LogP contribution is 2.24. The van der Waals surface area contributed by atoms with Crippen LogP contribution in [0.4, 0.5) is 10.1 Å². The number of benzene rings is 1. The van der Waals surface area contributed by atoms with Gasteiger partial charge in [-0.3, -0.25) is 0 Å². The van der Waals surface area contributed by atoms with Gasteiger partial charge in [0.25, 0.3) is 0 Å². The molecule has 0 saturated carbocycles. The Morgan fingerprint density at radius 3 is 2.75 bits per heavy atom. The summed E-state index contributed by atoms with van der Waals surface area (Å²) in [6, 6.07) is 4.45. The van der Waals surface area contributed by atoms with Gasteiger partial charge in [0.15, 0.2) is 0 Å². The smallest absolute Gasteiger partial charge is 0.144 e. The fourth-order valence-corrected chi connectivity index (χ4v) is 1.44. The van der Waals surface area contributed by atoms with Crippen LogP contribution in [0.15, 0.2) is 18.2 Å². The van der Waals surface area contributed by atoms with E-state index in [4.69, 9.17) is 9.47 Å². The molecule has 16 heavy (non-hydrogen) atoms. The molecule has 0 spiro atoms. The highest BCUT2D eigenvalue weighted by molar-refractivity contribution is 5.56. The number of hydrogen-bond donors (Lipinski definition) is 1. The van der Waals surface area contributed by atoms with Gasteiger partial charge < -0.3 is 14.8 Å². The van der Waals surface area contributed by atoms with Gasteiger partial charge in [-0.2, -0.15) is 0 Å². The fourth-order valence-electron chi connectivity index (χ4n) is 1.44. The van der Waals surface area contributed by atoms with Gasteiger partial charge in [-0.05, 0) is 18.1 Å². The number of anilines is 1. The Morgan fingerprint density at radius 1 is 1.38 bits per heavy atom. The lowest BCUT2D eigenvalue weighted by molar-refractivity contribution is 0.164. The molecular formula is C12H18FNO2. The molecule has 0 amide bonds. The molecule has 0 aliphatic heterocycles. The van der Waals surface area contributed by atoms with Gasteiger partial charge in [-0.25, -0.2) is 4.39 Å². The van der Waals surface area contributed by atoms with Gasteiger partial charge >= 0.3 is 0 Å². The van der Waals surface area contributed by atoms with Crippen LogP contribution in [-0.4, -0.2) is 27.4 Å². The van der Waals surface area contributed by atoms with Crippen molar-refractivity contribution in [1.29, 1.82) is 0 Å². The summed E-state index contributed by atoms with van der Waals surface area (Å²) in [5.41, 5.74) is 0.798. The molecule has 90 valence electrons. The third kappa shape index (κ3) is 3.70. The van der Waals surface area contributed by atoms with Crippen molar-refractivity contribution in [3.05, 3.63) is 24.0 Å². The molecule has 0 fully saturated rings. The van der Waals surface area contributed by atoms with Crippen molar-refractivity contribution in [2.75, 3.05) is 32.7 Å². The standard InChI is InChI=1S/C12H18FNO2/c1-9(8-15-2)7-14-11-5-4-10(13)6-12(11)16-3/h4-6,9,14H,7-8H2,1-3H3. The molecule has 4 heteroatoms. The summed E-state index contributed by atoms with van der Waals surface area (Å²) in [6.07, 6.45) is 0. The molecule has 1 rings (SSSR count). The third-order valence-electron chi connectivity index (χ3n) is 2.26. The number of hydrogen-bond acceptors (Lipinski definition) is 3. The molecule has 1 aromatic carbocycles. The number of nitrogens with one attached hydrogen (secondary N) is 1. The van der Waals surface area contributed by atoms with Crippen LogP contribution >= 0.6 is 0 Å². The number of rotatable bonds is 6. The van der Waals surface area contributed by atoms with Crippen molar-refractivity contribution < 1.29 is 13.9 Å². The molecule has 0 saturated heterocycles. The molecule has 0 aliphatic carbocycles. The fraction of sp³-hybridized carbons (Fsp3) is 0.500. The largest absolute Gasteiger partial charge is 0.494 e. The maximum atomic E-state index is 12.9. The maximum absolute atomic E-state index is 12.9. The minimum absolute atomic E-state index is 0.299. The molecule has 0 bridgehead atoms. The summed E-state index contributed by atoms with van der Waals surface area (Å²) >= 11 is 0. The lowest BCUT2D eigenvalue weighted by atomic mass is 10.2. The van der Waals surface area contributed by atoms with Crippen LogP contribution in [0.1, 0.15) is 6.92 Å². The van der Waals surface area contributed by atoms with E-state index in [1.807, 2.05) is 0 Å². The van der Waals surface area contributed by atoms with Crippen LogP contribution in [0, 0.1) is 11.7 Å². The average Bonchev–Trinajstić information content (AvgIpc) is 2.27. The Morgan fingerprint density at radius 2 is 2.12 bits per heavy atom. The topological polar surface area (TPSA) is 30.5 Å². The minimum atomic E-state index is -0.299. The SMILES string of the molecule is COCC(C)CNc1ccc(F)cc1OC. The summed E-state index contributed by atoms with van der Waals surface area (Å²) in [5, 5.41) is 3.20. The average molecular weight is 227 g/mol. The van der Waals surface area contributed by atoms with Crippen molar-refractivity contribution in [2.45, 2.75) is 6.92 Å². The first kappa shape index (κ1) is 12.8. The Balaban J connectivity index is 2.59. The normalized spacial score (nSPS) is 12.2. The molecule has 0 aromatic heterocycles. The van der Waals surface area contributed by atoms with Crippen LogP contribution in [0.5, 0.6) is 5.75 Å². The van der Waals surface area contributed by atoms with Crippen LogP contribution in [0.3, 0.4) is 0 Å². The molecular weight excluding hydrogens is 209 g/mol. The van der Waals surface area contributed by atoms with Crippen molar-refractivity contribution in [3.8, 4) is 5.75 Å². The lowest BCUT2D eigenvalue weighted by Gasteiger charge is -2.14. The molecule has 1 atom stereocenters. The Kier molecular flexibility index (Phi) is 5.05. The van der Waals surface area contributed by atoms with E-state index in [1.165, 1.54) is 19.2 Å². The first-order valence-electron chi connectivity index (χ1n) is 5.23. The third-order valence-corrected chi connectivity index (χ3v) is 2.26. The second kappa shape index (κ2) is 6.33. The second-order valence-electron chi connectivity index (χ2n) is 3.79. The van der Waals surface area contributed by atoms with Crippen LogP contribution in [0.2, 0.25) is 0 Å². The van der Waals surface area contributed by atoms with Gasteiger partial charge in [-0.15, -0.1) is 0 Å². The van der Waals surface area contributed by atoms with E-state index in [0.717, 1.165) is 12.2 Å². The molecule has 3 nitrogen and oxygen atoms in total. The van der Waals surface area contributed by atoms with E-state index in [2.05, 4.69) is 12.2 Å². The van der Waals surface area contributed by atoms with Crippen molar-refractivity contribution in [1.82, 2.24) is 0 Å². The molecule has 1 aromatic rings. The van der Waals surface area contributed by atoms with Crippen molar-refractivity contribution >= 4 is 5.69 Å². The van der Waals surface area contributed by atoms with E-state index in [0.29, 0.717) is 18.3 Å². The summed E-state index contributed by atoms with van der Waals surface area (Å²) in [6.45, 7) is 3.53. The van der Waals surface area contributed by atoms with Gasteiger partial charge in [0.2, 0.25) is 0 Å². The van der Waals surface area contributed by atoms with Gasteiger partial charge in [-0.1, -0.05) is 6.92 Å². The van der Waals surface area contributed by atoms with Crippen molar-refractivity contribution in [2.24, 2.45) is 5.92 Å². The Hall–Kier alpha value is -1.29. The monoisotopic (exact) mass is 227 g/mol. The molecule has 1 N–H and O–H groups in total. The van der Waals surface area contributed by atoms with E-state index in [1.54, 1.807) is 13.2 Å². The van der Waals surface area contributed by atoms with Crippen LogP contribution in [0.25, 0.3) is 0 Å². The van der Waals surface area contributed by atoms with Gasteiger partial charge in [0.05, 0.1) is 19.4 Å². The minimum Gasteiger partial charge on any atom is -0.494 e. The maximum Gasteiger partial charge on any atom is 0.144 e. The second-order valence-corrected chi connectivity index (χ2v) is 3.79. The Bertz CT molecular complexity index is 331. The van der Waals surface area contributed by atoms with Crippen molar-refractivity contribution in [3.63, 3.8) is 0 Å². The van der Waals surface area contributed by atoms with E-state index in [9.17, 15) is 4.39 Å². The molecule has 0 radical (unpaired) electrons. The van der Waals surface area contributed by atoms with Gasteiger partial charge in [0, 0.05) is 19.7 Å². The zero-order valence-corrected chi connectivity index (χ0v) is 9.92. The zero-order valence-electron chi connectivity index (χ0n) is 9.92. The van der Waals surface area contributed by atoms with E-state index in [-0.39, 0.29) is 5.82 Å². The number of methoxy groups -OCH3 is 2. The first-order valence-corrected chi connectivity index (χ1v) is 5.23. The number of halogens is 1. The quantitative estimate of drug-likeness (QED) is 0.810. The van der Waals surface area contributed by atoms with E-state index >= 15 is 0 Å². The van der Waals surface area contributed by atoms with Gasteiger partial charge in [0.1, 0.15) is 11.6 Å². The highest BCUT2D eigenvalue weighted by atomic mass is 19.1. The first-order chi connectivity index (χ1) is 7.67. The summed E-state index contributed by atoms with van der Waals surface area (Å²) in [5.74, 6) is 0.608. The van der Waals surface area contributed by atoms with Crippen LogP contribution in [-0.2, 0) is 4.74 Å². The summed E-state index contributed by atoms with van der Waals surface area (Å²) in [4.78, 5) is 0. The highest BCUT2D eigenvalue weighted by Gasteiger charge is 2.06. The lowest BCUT2D eigenvalue weighted by Crippen LogP contribution is -2.16. The molecule has 0 heterocycles. The summed E-state index contributed by atoms with van der Waals surface area (Å²) < 4.78 is 23.0. The van der Waals surface area contributed by atoms with Crippen LogP contribution < -0.4 is 10.1 Å². The van der Waals surface area contributed by atoms with E-state index < -0.39 is 0 Å². The Labute approximate surface area is 95.6 Å². The number of ether oxygens (including phenoxy) is 2. The molecule has 1 unspecified atom stereocenters. The zero-order chi connectivity index (χ0) is 12.0. The predicted octanol–water partition coefficient (Wildman–Crippen LogP) is 2.53. The summed E-state index contributed by atoms with van der Waals surface area (Å²) in [7, 11) is 3.20. The predicted molar refractivity (Wildman–Crippen MR) is 62.5 cm³/mol.